The number of anilines is 2. The van der Waals surface area contributed by atoms with Crippen molar-refractivity contribution in [3.05, 3.63) is 56.5 Å². The second-order valence-corrected chi connectivity index (χ2v) is 5.57. The maximum atomic E-state index is 12.1. The van der Waals surface area contributed by atoms with Gasteiger partial charge in [-0.25, -0.2) is 0 Å². The molecular formula is C13H9BrCl2N2O. The average Bonchev–Trinajstić information content (AvgIpc) is 2.32. The summed E-state index contributed by atoms with van der Waals surface area (Å²) in [5, 5.41) is 3.56. The Morgan fingerprint density at radius 2 is 1.89 bits per heavy atom. The quantitative estimate of drug-likeness (QED) is 0.770. The molecule has 3 N–H and O–H groups in total. The van der Waals surface area contributed by atoms with Gasteiger partial charge in [0.05, 0.1) is 22.0 Å². The topological polar surface area (TPSA) is 55.1 Å². The van der Waals surface area contributed by atoms with E-state index in [1.807, 2.05) is 0 Å². The summed E-state index contributed by atoms with van der Waals surface area (Å²) in [6, 6.07) is 9.89. The fraction of sp³-hybridized carbons (Fsp3) is 0. The van der Waals surface area contributed by atoms with Gasteiger partial charge in [0.1, 0.15) is 0 Å². The molecule has 98 valence electrons. The largest absolute Gasteiger partial charge is 0.397 e. The van der Waals surface area contributed by atoms with Crippen LogP contribution in [-0.2, 0) is 0 Å². The lowest BCUT2D eigenvalue weighted by atomic mass is 10.2. The molecule has 0 saturated carbocycles. The van der Waals surface area contributed by atoms with Crippen LogP contribution in [0.2, 0.25) is 10.0 Å². The number of hydrogen-bond acceptors (Lipinski definition) is 2. The zero-order valence-electron chi connectivity index (χ0n) is 9.58. The third kappa shape index (κ3) is 3.41. The van der Waals surface area contributed by atoms with Crippen LogP contribution < -0.4 is 11.1 Å². The Bertz CT molecular complexity index is 647. The number of carbonyl (C=O) groups is 1. The minimum absolute atomic E-state index is 0.327. The summed E-state index contributed by atoms with van der Waals surface area (Å²) in [5.41, 5.74) is 7.04. The predicted octanol–water partition coefficient (Wildman–Crippen LogP) is 4.59. The van der Waals surface area contributed by atoms with Gasteiger partial charge < -0.3 is 11.1 Å². The molecule has 3 nitrogen and oxygen atoms in total. The maximum Gasteiger partial charge on any atom is 0.257 e. The van der Waals surface area contributed by atoms with E-state index < -0.39 is 0 Å². The van der Waals surface area contributed by atoms with Crippen molar-refractivity contribution in [1.82, 2.24) is 0 Å². The molecule has 0 atom stereocenters. The fourth-order valence-electron chi connectivity index (χ4n) is 1.51. The molecule has 2 aromatic carbocycles. The van der Waals surface area contributed by atoms with Crippen molar-refractivity contribution >= 4 is 56.4 Å². The third-order valence-corrected chi connectivity index (χ3v) is 3.48. The van der Waals surface area contributed by atoms with Gasteiger partial charge in [-0.1, -0.05) is 39.1 Å². The van der Waals surface area contributed by atoms with E-state index in [2.05, 4.69) is 21.2 Å². The van der Waals surface area contributed by atoms with Gasteiger partial charge in [0.2, 0.25) is 0 Å². The molecule has 0 aliphatic carbocycles. The molecule has 0 radical (unpaired) electrons. The highest BCUT2D eigenvalue weighted by atomic mass is 79.9. The number of halogens is 3. The molecule has 2 aromatic rings. The van der Waals surface area contributed by atoms with Gasteiger partial charge in [0, 0.05) is 9.50 Å². The number of benzene rings is 2. The van der Waals surface area contributed by atoms with Crippen LogP contribution in [0, 0.1) is 0 Å². The van der Waals surface area contributed by atoms with Crippen molar-refractivity contribution in [2.24, 2.45) is 0 Å². The van der Waals surface area contributed by atoms with Crippen molar-refractivity contribution in [3.8, 4) is 0 Å². The van der Waals surface area contributed by atoms with E-state index >= 15 is 0 Å². The standard InChI is InChI=1S/C13H9BrCl2N2O/c14-7-1-3-9(10(16)5-7)13(19)18-12-4-2-8(15)6-11(12)17/h1-6H,17H2,(H,18,19). The Morgan fingerprint density at radius 3 is 2.53 bits per heavy atom. The summed E-state index contributed by atoms with van der Waals surface area (Å²) >= 11 is 15.1. The number of amides is 1. The molecule has 0 aliphatic heterocycles. The Labute approximate surface area is 128 Å². The SMILES string of the molecule is Nc1cc(Cl)ccc1NC(=O)c1ccc(Br)cc1Cl. The van der Waals surface area contributed by atoms with Gasteiger partial charge in [0.15, 0.2) is 0 Å². The van der Waals surface area contributed by atoms with E-state index in [9.17, 15) is 4.79 Å². The molecule has 0 aromatic heterocycles. The summed E-state index contributed by atoms with van der Waals surface area (Å²) < 4.78 is 0.806. The smallest absolute Gasteiger partial charge is 0.257 e. The molecular weight excluding hydrogens is 351 g/mol. The summed E-state index contributed by atoms with van der Waals surface area (Å²) in [4.78, 5) is 12.1. The minimum Gasteiger partial charge on any atom is -0.397 e. The van der Waals surface area contributed by atoms with Crippen LogP contribution in [-0.4, -0.2) is 5.91 Å². The van der Waals surface area contributed by atoms with Gasteiger partial charge >= 0.3 is 0 Å². The summed E-state index contributed by atoms with van der Waals surface area (Å²) in [6.45, 7) is 0. The number of carbonyl (C=O) groups excluding carboxylic acids is 1. The van der Waals surface area contributed by atoms with Crippen LogP contribution in [0.15, 0.2) is 40.9 Å². The van der Waals surface area contributed by atoms with Crippen LogP contribution in [0.5, 0.6) is 0 Å². The highest BCUT2D eigenvalue weighted by molar-refractivity contribution is 9.10. The van der Waals surface area contributed by atoms with Crippen molar-refractivity contribution in [2.75, 3.05) is 11.1 Å². The van der Waals surface area contributed by atoms with Crippen LogP contribution in [0.4, 0.5) is 11.4 Å². The average molecular weight is 360 g/mol. The van der Waals surface area contributed by atoms with E-state index in [-0.39, 0.29) is 5.91 Å². The first kappa shape index (κ1) is 14.2. The van der Waals surface area contributed by atoms with Gasteiger partial charge in [-0.3, -0.25) is 4.79 Å². The normalized spacial score (nSPS) is 10.3. The minimum atomic E-state index is -0.327. The Balaban J connectivity index is 2.25. The van der Waals surface area contributed by atoms with E-state index in [0.29, 0.717) is 27.0 Å². The van der Waals surface area contributed by atoms with Crippen molar-refractivity contribution in [1.29, 1.82) is 0 Å². The molecule has 0 unspecified atom stereocenters. The lowest BCUT2D eigenvalue weighted by Crippen LogP contribution is -2.13. The molecule has 0 fully saturated rings. The molecule has 0 bridgehead atoms. The first-order chi connectivity index (χ1) is 8.97. The van der Waals surface area contributed by atoms with Crippen molar-refractivity contribution in [2.45, 2.75) is 0 Å². The highest BCUT2D eigenvalue weighted by Gasteiger charge is 2.12. The van der Waals surface area contributed by atoms with Gasteiger partial charge in [0.25, 0.3) is 5.91 Å². The summed E-state index contributed by atoms with van der Waals surface area (Å²) in [5.74, 6) is -0.327. The number of nitrogens with two attached hydrogens (primary N) is 1. The zero-order valence-corrected chi connectivity index (χ0v) is 12.7. The number of hydrogen-bond donors (Lipinski definition) is 2. The van der Waals surface area contributed by atoms with Gasteiger partial charge in [-0.05, 0) is 36.4 Å². The number of rotatable bonds is 2. The maximum absolute atomic E-state index is 12.1. The molecule has 0 spiro atoms. The number of nitrogens with one attached hydrogen (secondary N) is 1. The van der Waals surface area contributed by atoms with E-state index in [4.69, 9.17) is 28.9 Å². The first-order valence-corrected chi connectivity index (χ1v) is 6.83. The van der Waals surface area contributed by atoms with Gasteiger partial charge in [-0.15, -0.1) is 0 Å². The third-order valence-electron chi connectivity index (χ3n) is 2.44. The molecule has 0 heterocycles. The van der Waals surface area contributed by atoms with Crippen LogP contribution >= 0.6 is 39.1 Å². The second-order valence-electron chi connectivity index (χ2n) is 3.81. The highest BCUT2D eigenvalue weighted by Crippen LogP contribution is 2.25. The summed E-state index contributed by atoms with van der Waals surface area (Å²) in [6.07, 6.45) is 0. The molecule has 6 heteroatoms. The van der Waals surface area contributed by atoms with Crippen molar-refractivity contribution in [3.63, 3.8) is 0 Å². The molecule has 19 heavy (non-hydrogen) atoms. The van der Waals surface area contributed by atoms with Crippen LogP contribution in [0.3, 0.4) is 0 Å². The zero-order chi connectivity index (χ0) is 14.0. The summed E-state index contributed by atoms with van der Waals surface area (Å²) in [7, 11) is 0. The van der Waals surface area contributed by atoms with Crippen molar-refractivity contribution < 1.29 is 4.79 Å². The molecule has 0 saturated heterocycles. The molecule has 1 amide bonds. The van der Waals surface area contributed by atoms with E-state index in [1.54, 1.807) is 36.4 Å². The van der Waals surface area contributed by atoms with Crippen LogP contribution in [0.25, 0.3) is 0 Å². The van der Waals surface area contributed by atoms with E-state index in [0.717, 1.165) is 4.47 Å². The number of nitrogen functional groups attached to an aromatic ring is 1. The molecule has 2 rings (SSSR count). The predicted molar refractivity (Wildman–Crippen MR) is 83.0 cm³/mol. The van der Waals surface area contributed by atoms with E-state index in [1.165, 1.54) is 0 Å². The monoisotopic (exact) mass is 358 g/mol. The Hall–Kier alpha value is -1.23. The Morgan fingerprint density at radius 1 is 1.16 bits per heavy atom. The first-order valence-electron chi connectivity index (χ1n) is 5.29. The van der Waals surface area contributed by atoms with Crippen LogP contribution in [0.1, 0.15) is 10.4 Å². The fourth-order valence-corrected chi connectivity index (χ4v) is 2.45. The molecule has 0 aliphatic rings. The second kappa shape index (κ2) is 5.82. The Kier molecular flexibility index (Phi) is 4.34. The van der Waals surface area contributed by atoms with Gasteiger partial charge in [-0.2, -0.15) is 0 Å². The lowest BCUT2D eigenvalue weighted by molar-refractivity contribution is 0.102. The lowest BCUT2D eigenvalue weighted by Gasteiger charge is -2.09.